The highest BCUT2D eigenvalue weighted by Gasteiger charge is 2.21. The summed E-state index contributed by atoms with van der Waals surface area (Å²) in [6, 6.07) is 12.3. The number of carbonyl (C=O) groups is 1. The van der Waals surface area contributed by atoms with Crippen molar-refractivity contribution in [3.8, 4) is 0 Å². The summed E-state index contributed by atoms with van der Waals surface area (Å²) in [4.78, 5) is 12.4. The molecule has 1 amide bonds. The number of sulfonamides is 1. The Labute approximate surface area is 153 Å². The number of halogens is 1. The Morgan fingerprint density at radius 2 is 1.80 bits per heavy atom. The van der Waals surface area contributed by atoms with E-state index in [0.717, 1.165) is 28.1 Å². The Morgan fingerprint density at radius 1 is 1.16 bits per heavy atom. The largest absolute Gasteiger partial charge is 0.324 e. The molecule has 0 saturated heterocycles. The van der Waals surface area contributed by atoms with Crippen LogP contribution in [0.1, 0.15) is 18.1 Å². The van der Waals surface area contributed by atoms with E-state index < -0.39 is 15.9 Å². The smallest absolute Gasteiger partial charge is 0.245 e. The van der Waals surface area contributed by atoms with E-state index in [0.29, 0.717) is 16.4 Å². The first-order chi connectivity index (χ1) is 11.7. The molecule has 2 aromatic carbocycles. The molecular formula is C18H21ClN2O3S. The number of anilines is 2. The highest BCUT2D eigenvalue weighted by molar-refractivity contribution is 7.92. The third-order valence-electron chi connectivity index (χ3n) is 3.86. The number of rotatable bonds is 6. The van der Waals surface area contributed by atoms with Crippen LogP contribution in [0.3, 0.4) is 0 Å². The van der Waals surface area contributed by atoms with Gasteiger partial charge in [0.25, 0.3) is 0 Å². The van der Waals surface area contributed by atoms with Gasteiger partial charge in [-0.25, -0.2) is 8.42 Å². The van der Waals surface area contributed by atoms with Crippen molar-refractivity contribution in [2.75, 3.05) is 22.4 Å². The van der Waals surface area contributed by atoms with Gasteiger partial charge in [-0.15, -0.1) is 0 Å². The standard InChI is InChI=1S/C18H21ClN2O3S/c1-4-14-8-10-15(11-9-14)21(25(3,23)24)12-18(22)20-17-7-5-6-16(19)13(17)2/h5-11H,4,12H2,1-3H3,(H,20,22). The van der Waals surface area contributed by atoms with Gasteiger partial charge in [-0.05, 0) is 48.7 Å². The van der Waals surface area contributed by atoms with E-state index in [4.69, 9.17) is 11.6 Å². The molecule has 134 valence electrons. The van der Waals surface area contributed by atoms with Gasteiger partial charge in [0, 0.05) is 10.7 Å². The lowest BCUT2D eigenvalue weighted by molar-refractivity contribution is -0.114. The number of amides is 1. The minimum absolute atomic E-state index is 0.309. The number of hydrogen-bond acceptors (Lipinski definition) is 3. The van der Waals surface area contributed by atoms with E-state index >= 15 is 0 Å². The molecule has 7 heteroatoms. The van der Waals surface area contributed by atoms with Crippen LogP contribution < -0.4 is 9.62 Å². The molecule has 0 aliphatic carbocycles. The molecule has 0 fully saturated rings. The van der Waals surface area contributed by atoms with Crippen LogP contribution in [-0.2, 0) is 21.2 Å². The van der Waals surface area contributed by atoms with E-state index in [9.17, 15) is 13.2 Å². The summed E-state index contributed by atoms with van der Waals surface area (Å²) in [5.41, 5.74) is 2.84. The van der Waals surface area contributed by atoms with Gasteiger partial charge in [-0.2, -0.15) is 0 Å². The van der Waals surface area contributed by atoms with Crippen molar-refractivity contribution in [2.45, 2.75) is 20.3 Å². The van der Waals surface area contributed by atoms with Gasteiger partial charge >= 0.3 is 0 Å². The van der Waals surface area contributed by atoms with Gasteiger partial charge in [-0.3, -0.25) is 9.10 Å². The number of nitrogens with zero attached hydrogens (tertiary/aromatic N) is 1. The lowest BCUT2D eigenvalue weighted by Crippen LogP contribution is -2.37. The molecule has 2 rings (SSSR count). The molecule has 0 bridgehead atoms. The molecule has 0 aliphatic rings. The minimum Gasteiger partial charge on any atom is -0.324 e. The third-order valence-corrected chi connectivity index (χ3v) is 5.41. The molecule has 2 aromatic rings. The van der Waals surface area contributed by atoms with Crippen LogP contribution in [0.25, 0.3) is 0 Å². The summed E-state index contributed by atoms with van der Waals surface area (Å²) in [5, 5.41) is 3.25. The summed E-state index contributed by atoms with van der Waals surface area (Å²) in [6.07, 6.45) is 1.94. The molecule has 25 heavy (non-hydrogen) atoms. The van der Waals surface area contributed by atoms with E-state index in [2.05, 4.69) is 5.32 Å². The van der Waals surface area contributed by atoms with Gasteiger partial charge in [0.1, 0.15) is 6.54 Å². The topological polar surface area (TPSA) is 66.5 Å². The van der Waals surface area contributed by atoms with Crippen molar-refractivity contribution in [2.24, 2.45) is 0 Å². The average molecular weight is 381 g/mol. The highest BCUT2D eigenvalue weighted by Crippen LogP contribution is 2.23. The van der Waals surface area contributed by atoms with E-state index in [1.54, 1.807) is 37.3 Å². The van der Waals surface area contributed by atoms with Crippen molar-refractivity contribution in [1.29, 1.82) is 0 Å². The normalized spacial score (nSPS) is 11.2. The van der Waals surface area contributed by atoms with Crippen molar-refractivity contribution >= 4 is 38.9 Å². The fourth-order valence-electron chi connectivity index (χ4n) is 2.36. The second-order valence-electron chi connectivity index (χ2n) is 5.75. The molecule has 0 heterocycles. The van der Waals surface area contributed by atoms with Crippen molar-refractivity contribution in [3.05, 3.63) is 58.6 Å². The number of hydrogen-bond donors (Lipinski definition) is 1. The Bertz CT molecular complexity index is 864. The van der Waals surface area contributed by atoms with Crippen molar-refractivity contribution in [3.63, 3.8) is 0 Å². The molecule has 0 aromatic heterocycles. The zero-order chi connectivity index (χ0) is 18.6. The van der Waals surface area contributed by atoms with Crippen LogP contribution in [-0.4, -0.2) is 27.1 Å². The predicted octanol–water partition coefficient (Wildman–Crippen LogP) is 3.62. The quantitative estimate of drug-likeness (QED) is 0.832. The summed E-state index contributed by atoms with van der Waals surface area (Å²) in [6.45, 7) is 3.50. The first-order valence-corrected chi connectivity index (χ1v) is 10.1. The third kappa shape index (κ3) is 4.96. The maximum atomic E-state index is 12.4. The summed E-state index contributed by atoms with van der Waals surface area (Å²) in [5.74, 6) is -0.435. The van der Waals surface area contributed by atoms with Gasteiger partial charge in [0.15, 0.2) is 0 Å². The SMILES string of the molecule is CCc1ccc(N(CC(=O)Nc2cccc(Cl)c2C)S(C)(=O)=O)cc1. The maximum absolute atomic E-state index is 12.4. The van der Waals surface area contributed by atoms with Crippen LogP contribution in [0.2, 0.25) is 5.02 Å². The van der Waals surface area contributed by atoms with Gasteiger partial charge in [0.2, 0.25) is 15.9 Å². The molecule has 0 unspecified atom stereocenters. The molecule has 1 N–H and O–H groups in total. The van der Waals surface area contributed by atoms with Crippen molar-refractivity contribution in [1.82, 2.24) is 0 Å². The summed E-state index contributed by atoms with van der Waals surface area (Å²) < 4.78 is 25.3. The molecule has 0 saturated carbocycles. The molecule has 0 aliphatic heterocycles. The van der Waals surface area contributed by atoms with Crippen molar-refractivity contribution < 1.29 is 13.2 Å². The Hall–Kier alpha value is -2.05. The first kappa shape index (κ1) is 19.3. The first-order valence-electron chi connectivity index (χ1n) is 7.84. The lowest BCUT2D eigenvalue weighted by Gasteiger charge is -2.22. The van der Waals surface area contributed by atoms with E-state index in [1.807, 2.05) is 19.1 Å². The highest BCUT2D eigenvalue weighted by atomic mass is 35.5. The number of carbonyl (C=O) groups excluding carboxylic acids is 1. The molecule has 0 radical (unpaired) electrons. The maximum Gasteiger partial charge on any atom is 0.245 e. The van der Waals surface area contributed by atoms with E-state index in [-0.39, 0.29) is 6.54 Å². The number of nitrogens with one attached hydrogen (secondary N) is 1. The fourth-order valence-corrected chi connectivity index (χ4v) is 3.39. The Morgan fingerprint density at radius 3 is 2.36 bits per heavy atom. The zero-order valence-electron chi connectivity index (χ0n) is 14.4. The van der Waals surface area contributed by atoms with Gasteiger partial charge in [0.05, 0.1) is 11.9 Å². The van der Waals surface area contributed by atoms with Crippen LogP contribution in [0.4, 0.5) is 11.4 Å². The Kier molecular flexibility index (Phi) is 6.08. The average Bonchev–Trinajstić information content (AvgIpc) is 2.56. The van der Waals surface area contributed by atoms with E-state index in [1.165, 1.54) is 0 Å². The van der Waals surface area contributed by atoms with Crippen LogP contribution in [0.5, 0.6) is 0 Å². The molecule has 0 spiro atoms. The van der Waals surface area contributed by atoms with Gasteiger partial charge < -0.3 is 5.32 Å². The lowest BCUT2D eigenvalue weighted by atomic mass is 10.1. The van der Waals surface area contributed by atoms with Gasteiger partial charge in [-0.1, -0.05) is 36.7 Å². The van der Waals surface area contributed by atoms with Crippen LogP contribution in [0, 0.1) is 6.92 Å². The summed E-state index contributed by atoms with van der Waals surface area (Å²) in [7, 11) is -3.60. The number of benzene rings is 2. The zero-order valence-corrected chi connectivity index (χ0v) is 16.0. The summed E-state index contributed by atoms with van der Waals surface area (Å²) >= 11 is 6.04. The predicted molar refractivity (Wildman–Crippen MR) is 103 cm³/mol. The Balaban J connectivity index is 2.22. The molecular weight excluding hydrogens is 360 g/mol. The molecule has 0 atom stereocenters. The second-order valence-corrected chi connectivity index (χ2v) is 8.06. The number of aryl methyl sites for hydroxylation is 1. The monoisotopic (exact) mass is 380 g/mol. The second kappa shape index (κ2) is 7.89. The fraction of sp³-hybridized carbons (Fsp3) is 0.278. The minimum atomic E-state index is -3.60. The molecule has 5 nitrogen and oxygen atoms in total. The van der Waals surface area contributed by atoms with Crippen LogP contribution >= 0.6 is 11.6 Å². The van der Waals surface area contributed by atoms with Crippen LogP contribution in [0.15, 0.2) is 42.5 Å².